The Labute approximate surface area is 270 Å². The molecule has 240 valence electrons. The van der Waals surface area contributed by atoms with Gasteiger partial charge in [-0.2, -0.15) is 0 Å². The molecule has 0 radical (unpaired) electrons. The molecule has 1 aliphatic carbocycles. The lowest BCUT2D eigenvalue weighted by Crippen LogP contribution is -2.52. The van der Waals surface area contributed by atoms with E-state index >= 15 is 4.39 Å². The number of benzodiazepines with no additional fused rings is 1. The summed E-state index contributed by atoms with van der Waals surface area (Å²) < 4.78 is 15.3. The van der Waals surface area contributed by atoms with Crippen LogP contribution in [0, 0.1) is 24.6 Å². The fourth-order valence-corrected chi connectivity index (χ4v) is 6.89. The molecule has 4 heterocycles. The summed E-state index contributed by atoms with van der Waals surface area (Å²) in [5.74, 6) is 0.0341. The topological polar surface area (TPSA) is 149 Å². The van der Waals surface area contributed by atoms with E-state index in [2.05, 4.69) is 36.3 Å². The maximum absolute atomic E-state index is 15.3. The predicted molar refractivity (Wildman–Crippen MR) is 173 cm³/mol. The van der Waals surface area contributed by atoms with E-state index in [0.29, 0.717) is 58.8 Å². The van der Waals surface area contributed by atoms with Crippen molar-refractivity contribution in [3.8, 4) is 11.4 Å². The molecular formula is C34H34FN9O3. The van der Waals surface area contributed by atoms with Crippen molar-refractivity contribution >= 4 is 34.9 Å². The maximum atomic E-state index is 15.3. The van der Waals surface area contributed by atoms with Crippen molar-refractivity contribution in [3.63, 3.8) is 0 Å². The molecule has 2 bridgehead atoms. The van der Waals surface area contributed by atoms with Crippen molar-refractivity contribution in [1.29, 1.82) is 0 Å². The quantitative estimate of drug-likeness (QED) is 0.288. The van der Waals surface area contributed by atoms with Gasteiger partial charge < -0.3 is 15.5 Å². The van der Waals surface area contributed by atoms with E-state index in [4.69, 9.17) is 0 Å². The van der Waals surface area contributed by atoms with E-state index in [1.54, 1.807) is 54.6 Å². The predicted octanol–water partition coefficient (Wildman–Crippen LogP) is 4.29. The highest BCUT2D eigenvalue weighted by Gasteiger charge is 2.38. The number of rotatable bonds is 6. The van der Waals surface area contributed by atoms with E-state index in [-0.39, 0.29) is 23.7 Å². The van der Waals surface area contributed by atoms with Crippen molar-refractivity contribution in [2.24, 2.45) is 16.8 Å². The third kappa shape index (κ3) is 6.20. The van der Waals surface area contributed by atoms with Gasteiger partial charge in [0.2, 0.25) is 12.1 Å². The highest BCUT2D eigenvalue weighted by Crippen LogP contribution is 2.35. The number of amides is 4. The van der Waals surface area contributed by atoms with Gasteiger partial charge in [-0.05, 0) is 84.7 Å². The van der Waals surface area contributed by atoms with Crippen molar-refractivity contribution in [2.75, 3.05) is 29.9 Å². The first-order valence-electron chi connectivity index (χ1n) is 15.8. The minimum absolute atomic E-state index is 0.164. The number of aromatic amines is 1. The lowest BCUT2D eigenvalue weighted by atomic mass is 9.84. The minimum atomic E-state index is -1.47. The molecule has 47 heavy (non-hydrogen) atoms. The van der Waals surface area contributed by atoms with Gasteiger partial charge in [-0.1, -0.05) is 42.5 Å². The fourth-order valence-electron chi connectivity index (χ4n) is 6.89. The number of benzene rings is 3. The average Bonchev–Trinajstić information content (AvgIpc) is 3.39. The van der Waals surface area contributed by atoms with Crippen LogP contribution in [0.15, 0.2) is 71.7 Å². The summed E-state index contributed by atoms with van der Waals surface area (Å²) in [5.41, 5.74) is 3.09. The van der Waals surface area contributed by atoms with Gasteiger partial charge in [-0.25, -0.2) is 19.3 Å². The molecule has 4 aliphatic rings. The summed E-state index contributed by atoms with van der Waals surface area (Å²) in [7, 11) is 0. The third-order valence-corrected chi connectivity index (χ3v) is 9.23. The molecule has 4 aromatic rings. The number of anilines is 2. The summed E-state index contributed by atoms with van der Waals surface area (Å²) in [6, 6.07) is 17.7. The molecule has 0 unspecified atom stereocenters. The molecule has 3 aromatic carbocycles. The second-order valence-corrected chi connectivity index (χ2v) is 12.4. The number of carbonyl (C=O) groups is 3. The molecule has 3 N–H and O–H groups in total. The number of nitrogens with zero attached hydrogens (tertiary/aromatic N) is 6. The van der Waals surface area contributed by atoms with Crippen molar-refractivity contribution in [2.45, 2.75) is 38.8 Å². The number of H-pyrrole nitrogens is 1. The Morgan fingerprint density at radius 3 is 2.40 bits per heavy atom. The number of halogens is 1. The van der Waals surface area contributed by atoms with E-state index < -0.39 is 23.9 Å². The molecular weight excluding hydrogens is 601 g/mol. The number of nitrogens with one attached hydrogen (secondary N) is 3. The Morgan fingerprint density at radius 2 is 1.68 bits per heavy atom. The summed E-state index contributed by atoms with van der Waals surface area (Å²) in [6.07, 6.45) is 2.97. The monoisotopic (exact) mass is 635 g/mol. The first-order valence-corrected chi connectivity index (χ1v) is 15.8. The van der Waals surface area contributed by atoms with E-state index in [0.717, 1.165) is 25.7 Å². The molecule has 1 atom stereocenters. The van der Waals surface area contributed by atoms with Crippen LogP contribution in [0.2, 0.25) is 0 Å². The van der Waals surface area contributed by atoms with Crippen molar-refractivity contribution in [1.82, 2.24) is 30.8 Å². The maximum Gasteiger partial charge on any atom is 0.321 e. The zero-order valence-corrected chi connectivity index (χ0v) is 25.8. The summed E-state index contributed by atoms with van der Waals surface area (Å²) >= 11 is 0. The van der Waals surface area contributed by atoms with Crippen LogP contribution in [-0.4, -0.2) is 74.9 Å². The molecule has 0 spiro atoms. The van der Waals surface area contributed by atoms with Gasteiger partial charge in [0.1, 0.15) is 12.4 Å². The molecule has 1 aromatic heterocycles. The van der Waals surface area contributed by atoms with Crippen LogP contribution in [0.1, 0.15) is 42.4 Å². The van der Waals surface area contributed by atoms with Crippen molar-refractivity contribution < 1.29 is 18.8 Å². The lowest BCUT2D eigenvalue weighted by Gasteiger charge is -2.30. The number of hydrogen-bond acceptors (Lipinski definition) is 7. The Kier molecular flexibility index (Phi) is 8.19. The van der Waals surface area contributed by atoms with Crippen molar-refractivity contribution in [3.05, 3.63) is 89.2 Å². The van der Waals surface area contributed by atoms with Crippen LogP contribution < -0.4 is 15.5 Å². The number of para-hydroxylation sites is 1. The number of hydrogen-bond donors (Lipinski definition) is 3. The van der Waals surface area contributed by atoms with Crippen LogP contribution >= 0.6 is 0 Å². The van der Waals surface area contributed by atoms with Gasteiger partial charge in [0.25, 0.3) is 5.91 Å². The average molecular weight is 636 g/mol. The first-order chi connectivity index (χ1) is 22.8. The fraction of sp³-hybridized carbons (Fsp3) is 0.324. The molecule has 1 saturated carbocycles. The minimum Gasteiger partial charge on any atom is -0.341 e. The normalized spacial score (nSPS) is 20.6. The smallest absolute Gasteiger partial charge is 0.321 e. The van der Waals surface area contributed by atoms with Gasteiger partial charge in [0.15, 0.2) is 5.82 Å². The largest absolute Gasteiger partial charge is 0.341 e. The SMILES string of the molecule is Cc1cccc2c1N(CC(=O)N1CC3CCC(CC3)C1)C(=O)[C@H](NC(=O)Nc1cccc(-c3nnn[nH]3)c1)N=C2c1ccccc1F. The summed E-state index contributed by atoms with van der Waals surface area (Å²) in [4.78, 5) is 49.8. The second-order valence-electron chi connectivity index (χ2n) is 12.4. The van der Waals surface area contributed by atoms with Crippen LogP contribution in [0.3, 0.4) is 0 Å². The molecule has 8 rings (SSSR count). The van der Waals surface area contributed by atoms with Gasteiger partial charge >= 0.3 is 6.03 Å². The Bertz CT molecular complexity index is 1840. The highest BCUT2D eigenvalue weighted by atomic mass is 19.1. The number of fused-ring (bicyclic) bond motifs is 5. The lowest BCUT2D eigenvalue weighted by molar-refractivity contribution is -0.132. The van der Waals surface area contributed by atoms with Crippen LogP contribution in [-0.2, 0) is 9.59 Å². The molecule has 13 heteroatoms. The van der Waals surface area contributed by atoms with Crippen LogP contribution in [0.4, 0.5) is 20.6 Å². The van der Waals surface area contributed by atoms with Gasteiger partial charge in [0.05, 0.1) is 11.4 Å². The van der Waals surface area contributed by atoms with Gasteiger partial charge in [-0.15, -0.1) is 5.10 Å². The molecule has 12 nitrogen and oxygen atoms in total. The van der Waals surface area contributed by atoms with E-state index in [9.17, 15) is 14.4 Å². The molecule has 2 saturated heterocycles. The van der Waals surface area contributed by atoms with Gasteiger partial charge in [0, 0.05) is 35.5 Å². The summed E-state index contributed by atoms with van der Waals surface area (Å²) in [6.45, 7) is 2.94. The van der Waals surface area contributed by atoms with Crippen LogP contribution in [0.25, 0.3) is 11.4 Å². The first kappa shape index (κ1) is 30.2. The second kappa shape index (κ2) is 12.7. The molecule has 3 aliphatic heterocycles. The number of tetrazole rings is 1. The number of urea groups is 1. The third-order valence-electron chi connectivity index (χ3n) is 9.23. The zero-order chi connectivity index (χ0) is 32.5. The number of carbonyl (C=O) groups excluding carboxylic acids is 3. The Balaban J connectivity index is 1.23. The zero-order valence-electron chi connectivity index (χ0n) is 25.8. The number of aliphatic imine (C=N–C) groups is 1. The standard InChI is InChI=1S/C34H34FN9O3/c1-20-6-4-10-26-29(25-9-2-3-11-27(25)35)37-32(38-34(47)36-24-8-5-7-23(16-24)31-39-41-42-40-31)33(46)44(30(20)26)19-28(45)43-17-21-12-13-22(18-43)15-14-21/h2-11,16,21-22,32H,12-15,17-19H2,1H3,(H2,36,38,47)(H,39,40,41,42)/t21?,22?,32-/m0/s1. The van der Waals surface area contributed by atoms with E-state index in [1.165, 1.54) is 11.0 Å². The number of aromatic nitrogens is 4. The number of aryl methyl sites for hydroxylation is 1. The molecule has 3 fully saturated rings. The Hall–Kier alpha value is -5.46. The van der Waals surface area contributed by atoms with Crippen LogP contribution in [0.5, 0.6) is 0 Å². The molecule has 4 amide bonds. The Morgan fingerprint density at radius 1 is 0.957 bits per heavy atom. The highest BCUT2D eigenvalue weighted by molar-refractivity contribution is 6.21. The summed E-state index contributed by atoms with van der Waals surface area (Å²) in [5, 5.41) is 19.2. The van der Waals surface area contributed by atoms with Gasteiger partial charge in [-0.3, -0.25) is 14.5 Å². The van der Waals surface area contributed by atoms with E-state index in [1.807, 2.05) is 17.9 Å².